The molecule has 1 fully saturated rings. The van der Waals surface area contributed by atoms with E-state index in [1.807, 2.05) is 31.2 Å². The van der Waals surface area contributed by atoms with Crippen molar-refractivity contribution < 1.29 is 9.53 Å². The molecule has 1 amide bonds. The van der Waals surface area contributed by atoms with E-state index in [4.69, 9.17) is 4.74 Å². The van der Waals surface area contributed by atoms with Gasteiger partial charge < -0.3 is 15.0 Å². The monoisotopic (exact) mass is 276 g/mol. The Balaban J connectivity index is 1.92. The highest BCUT2D eigenvalue weighted by atomic mass is 16.5. The molecule has 0 saturated carbocycles. The number of carbonyl (C=O) groups excluding carboxylic acids is 1. The molecule has 1 aliphatic rings. The molecule has 2 rings (SSSR count). The lowest BCUT2D eigenvalue weighted by atomic mass is 10.1. The fourth-order valence-corrected chi connectivity index (χ4v) is 2.52. The average molecular weight is 276 g/mol. The van der Waals surface area contributed by atoms with Crippen molar-refractivity contribution in [2.45, 2.75) is 26.2 Å². The van der Waals surface area contributed by atoms with Crippen molar-refractivity contribution in [3.63, 3.8) is 0 Å². The first-order valence-electron chi connectivity index (χ1n) is 7.53. The molecule has 0 unspecified atom stereocenters. The third-order valence-corrected chi connectivity index (χ3v) is 3.55. The number of amides is 1. The SMILES string of the molecule is CCOCCCNC(=O)c1ccccc1N1CCCC1. The first-order valence-corrected chi connectivity index (χ1v) is 7.53. The zero-order valence-corrected chi connectivity index (χ0v) is 12.2. The van der Waals surface area contributed by atoms with Gasteiger partial charge in [-0.2, -0.15) is 0 Å². The molecule has 0 radical (unpaired) electrons. The number of benzene rings is 1. The van der Waals surface area contributed by atoms with Crippen LogP contribution in [0.3, 0.4) is 0 Å². The number of nitrogens with zero attached hydrogens (tertiary/aromatic N) is 1. The maximum absolute atomic E-state index is 12.3. The molecule has 1 aromatic carbocycles. The quantitative estimate of drug-likeness (QED) is 0.778. The minimum atomic E-state index is 0.0176. The van der Waals surface area contributed by atoms with E-state index < -0.39 is 0 Å². The minimum absolute atomic E-state index is 0.0176. The van der Waals surface area contributed by atoms with Gasteiger partial charge in [-0.3, -0.25) is 4.79 Å². The van der Waals surface area contributed by atoms with E-state index >= 15 is 0 Å². The number of para-hydroxylation sites is 1. The Bertz CT molecular complexity index is 428. The summed E-state index contributed by atoms with van der Waals surface area (Å²) in [5, 5.41) is 2.98. The van der Waals surface area contributed by atoms with Crippen molar-refractivity contribution in [2.24, 2.45) is 0 Å². The molecule has 4 heteroatoms. The summed E-state index contributed by atoms with van der Waals surface area (Å²) in [4.78, 5) is 14.6. The van der Waals surface area contributed by atoms with Gasteiger partial charge >= 0.3 is 0 Å². The molecule has 110 valence electrons. The van der Waals surface area contributed by atoms with E-state index in [9.17, 15) is 4.79 Å². The molecule has 20 heavy (non-hydrogen) atoms. The van der Waals surface area contributed by atoms with E-state index in [-0.39, 0.29) is 5.91 Å². The Morgan fingerprint density at radius 1 is 1.30 bits per heavy atom. The van der Waals surface area contributed by atoms with Gasteiger partial charge in [0.1, 0.15) is 0 Å². The van der Waals surface area contributed by atoms with E-state index in [2.05, 4.69) is 10.2 Å². The fourth-order valence-electron chi connectivity index (χ4n) is 2.52. The molecule has 0 aromatic heterocycles. The van der Waals surface area contributed by atoms with Crippen LogP contribution in [0, 0.1) is 0 Å². The van der Waals surface area contributed by atoms with Crippen molar-refractivity contribution in [1.82, 2.24) is 5.32 Å². The van der Waals surface area contributed by atoms with Crippen molar-refractivity contribution in [3.05, 3.63) is 29.8 Å². The number of hydrogen-bond acceptors (Lipinski definition) is 3. The summed E-state index contributed by atoms with van der Waals surface area (Å²) in [6.45, 7) is 6.16. The zero-order chi connectivity index (χ0) is 14.2. The molecule has 1 aromatic rings. The second-order valence-corrected chi connectivity index (χ2v) is 5.02. The van der Waals surface area contributed by atoms with Gasteiger partial charge in [-0.25, -0.2) is 0 Å². The number of carbonyl (C=O) groups is 1. The lowest BCUT2D eigenvalue weighted by Gasteiger charge is -2.20. The Hall–Kier alpha value is -1.55. The fraction of sp³-hybridized carbons (Fsp3) is 0.562. The van der Waals surface area contributed by atoms with Crippen molar-refractivity contribution in [3.8, 4) is 0 Å². The smallest absolute Gasteiger partial charge is 0.253 e. The largest absolute Gasteiger partial charge is 0.382 e. The number of hydrogen-bond donors (Lipinski definition) is 1. The topological polar surface area (TPSA) is 41.6 Å². The van der Waals surface area contributed by atoms with Crippen LogP contribution in [0.15, 0.2) is 24.3 Å². The molecule has 1 N–H and O–H groups in total. The van der Waals surface area contributed by atoms with Crippen LogP contribution >= 0.6 is 0 Å². The van der Waals surface area contributed by atoms with Crippen LogP contribution in [0.1, 0.15) is 36.5 Å². The van der Waals surface area contributed by atoms with Gasteiger partial charge in [0, 0.05) is 38.5 Å². The first-order chi connectivity index (χ1) is 9.83. The normalized spacial score (nSPS) is 14.6. The maximum atomic E-state index is 12.3. The van der Waals surface area contributed by atoms with E-state index in [1.165, 1.54) is 12.8 Å². The van der Waals surface area contributed by atoms with Gasteiger partial charge in [0.05, 0.1) is 5.56 Å². The average Bonchev–Trinajstić information content (AvgIpc) is 3.01. The Morgan fingerprint density at radius 3 is 2.80 bits per heavy atom. The van der Waals surface area contributed by atoms with Gasteiger partial charge in [0.15, 0.2) is 0 Å². The maximum Gasteiger partial charge on any atom is 0.253 e. The Labute approximate surface area is 121 Å². The van der Waals surface area contributed by atoms with Crippen molar-refractivity contribution in [1.29, 1.82) is 0 Å². The van der Waals surface area contributed by atoms with Gasteiger partial charge in [-0.05, 0) is 38.3 Å². The molecule has 0 bridgehead atoms. The van der Waals surface area contributed by atoms with Crippen molar-refractivity contribution >= 4 is 11.6 Å². The summed E-state index contributed by atoms with van der Waals surface area (Å²) < 4.78 is 5.27. The second kappa shape index (κ2) is 7.90. The van der Waals surface area contributed by atoms with Gasteiger partial charge in [-0.1, -0.05) is 12.1 Å². The van der Waals surface area contributed by atoms with Gasteiger partial charge in [-0.15, -0.1) is 0 Å². The van der Waals surface area contributed by atoms with Crippen molar-refractivity contribution in [2.75, 3.05) is 37.7 Å². The number of rotatable bonds is 7. The molecule has 1 aliphatic heterocycles. The van der Waals surface area contributed by atoms with Crippen LogP contribution in [0.25, 0.3) is 0 Å². The van der Waals surface area contributed by atoms with E-state index in [0.29, 0.717) is 13.2 Å². The number of nitrogens with one attached hydrogen (secondary N) is 1. The van der Waals surface area contributed by atoms with Gasteiger partial charge in [0.2, 0.25) is 0 Å². The van der Waals surface area contributed by atoms with Gasteiger partial charge in [0.25, 0.3) is 5.91 Å². The Kier molecular flexibility index (Phi) is 5.87. The standard InChI is InChI=1S/C16H24N2O2/c1-2-20-13-7-10-17-16(19)14-8-3-4-9-15(14)18-11-5-6-12-18/h3-4,8-9H,2,5-7,10-13H2,1H3,(H,17,19). The predicted octanol–water partition coefficient (Wildman–Crippen LogP) is 2.44. The summed E-state index contributed by atoms with van der Waals surface area (Å²) >= 11 is 0. The van der Waals surface area contributed by atoms with Crippen LogP contribution < -0.4 is 10.2 Å². The highest BCUT2D eigenvalue weighted by Crippen LogP contribution is 2.24. The van der Waals surface area contributed by atoms with Crippen LogP contribution in [0.4, 0.5) is 5.69 Å². The predicted molar refractivity (Wildman–Crippen MR) is 81.3 cm³/mol. The van der Waals surface area contributed by atoms with Crippen LogP contribution in [-0.4, -0.2) is 38.8 Å². The van der Waals surface area contributed by atoms with Crippen LogP contribution in [0.5, 0.6) is 0 Å². The minimum Gasteiger partial charge on any atom is -0.382 e. The van der Waals surface area contributed by atoms with Crippen LogP contribution in [-0.2, 0) is 4.74 Å². The third-order valence-electron chi connectivity index (χ3n) is 3.55. The molecule has 0 atom stereocenters. The summed E-state index contributed by atoms with van der Waals surface area (Å²) in [5.41, 5.74) is 1.85. The summed E-state index contributed by atoms with van der Waals surface area (Å²) in [6.07, 6.45) is 3.28. The first kappa shape index (κ1) is 14.9. The number of anilines is 1. The molecule has 0 aliphatic carbocycles. The summed E-state index contributed by atoms with van der Waals surface area (Å²) in [7, 11) is 0. The van der Waals surface area contributed by atoms with E-state index in [1.54, 1.807) is 0 Å². The summed E-state index contributed by atoms with van der Waals surface area (Å²) in [6, 6.07) is 7.88. The lowest BCUT2D eigenvalue weighted by molar-refractivity contribution is 0.0945. The lowest BCUT2D eigenvalue weighted by Crippen LogP contribution is -2.28. The summed E-state index contributed by atoms with van der Waals surface area (Å²) in [5.74, 6) is 0.0176. The highest BCUT2D eigenvalue weighted by Gasteiger charge is 2.18. The third kappa shape index (κ3) is 3.97. The Morgan fingerprint density at radius 2 is 2.05 bits per heavy atom. The second-order valence-electron chi connectivity index (χ2n) is 5.02. The molecular weight excluding hydrogens is 252 g/mol. The zero-order valence-electron chi connectivity index (χ0n) is 12.2. The van der Waals surface area contributed by atoms with E-state index in [0.717, 1.165) is 37.4 Å². The molecule has 1 saturated heterocycles. The molecular formula is C16H24N2O2. The molecule has 1 heterocycles. The number of ether oxygens (including phenoxy) is 1. The highest BCUT2D eigenvalue weighted by molar-refractivity contribution is 5.99. The molecule has 4 nitrogen and oxygen atoms in total. The molecule has 0 spiro atoms. The van der Waals surface area contributed by atoms with Crippen LogP contribution in [0.2, 0.25) is 0 Å².